The van der Waals surface area contributed by atoms with Crippen molar-refractivity contribution in [3.05, 3.63) is 60.2 Å². The van der Waals surface area contributed by atoms with Gasteiger partial charge in [0.25, 0.3) is 0 Å². The Balaban J connectivity index is 1.86. The molecular formula is C20H22N2O4S. The van der Waals surface area contributed by atoms with Gasteiger partial charge in [-0.05, 0) is 36.8 Å². The number of esters is 1. The lowest BCUT2D eigenvalue weighted by atomic mass is 10.2. The van der Waals surface area contributed by atoms with E-state index in [9.17, 15) is 9.59 Å². The molecule has 0 fully saturated rings. The van der Waals surface area contributed by atoms with Gasteiger partial charge in [-0.25, -0.2) is 0 Å². The van der Waals surface area contributed by atoms with E-state index in [-0.39, 0.29) is 23.9 Å². The van der Waals surface area contributed by atoms with Gasteiger partial charge in [0.1, 0.15) is 12.4 Å². The monoisotopic (exact) mass is 386 g/mol. The summed E-state index contributed by atoms with van der Waals surface area (Å²) in [5, 5.41) is 5.63. The minimum Gasteiger partial charge on any atom is -0.487 e. The summed E-state index contributed by atoms with van der Waals surface area (Å²) in [7, 11) is 0. The van der Waals surface area contributed by atoms with Crippen LogP contribution in [0.5, 0.6) is 5.75 Å². The number of para-hydroxylation sites is 2. The Labute approximate surface area is 163 Å². The Morgan fingerprint density at radius 2 is 1.70 bits per heavy atom. The second-order valence-electron chi connectivity index (χ2n) is 5.58. The maximum atomic E-state index is 11.9. The SMILES string of the molecule is CCOC(=O)CCC(=O)NC(=S)Nc1ccccc1OCc1ccccc1. The highest BCUT2D eigenvalue weighted by atomic mass is 32.1. The Morgan fingerprint density at radius 1 is 1.00 bits per heavy atom. The summed E-state index contributed by atoms with van der Waals surface area (Å²) < 4.78 is 10.6. The summed E-state index contributed by atoms with van der Waals surface area (Å²) in [6.07, 6.45) is 0.0197. The topological polar surface area (TPSA) is 76.7 Å². The van der Waals surface area contributed by atoms with Crippen LogP contribution < -0.4 is 15.4 Å². The number of amides is 1. The zero-order valence-electron chi connectivity index (χ0n) is 15.1. The van der Waals surface area contributed by atoms with Gasteiger partial charge in [-0.2, -0.15) is 0 Å². The first kappa shape index (κ1) is 20.4. The first-order valence-corrected chi connectivity index (χ1v) is 9.01. The molecule has 1 amide bonds. The van der Waals surface area contributed by atoms with Gasteiger partial charge in [0.05, 0.1) is 18.7 Å². The van der Waals surface area contributed by atoms with Crippen LogP contribution in [0.25, 0.3) is 0 Å². The predicted octanol–water partition coefficient (Wildman–Crippen LogP) is 3.42. The second kappa shape index (κ2) is 10.9. The van der Waals surface area contributed by atoms with Crippen LogP contribution in [0.3, 0.4) is 0 Å². The lowest BCUT2D eigenvalue weighted by Gasteiger charge is -2.14. The predicted molar refractivity (Wildman–Crippen MR) is 107 cm³/mol. The molecule has 2 rings (SSSR count). The summed E-state index contributed by atoms with van der Waals surface area (Å²) in [4.78, 5) is 23.2. The van der Waals surface area contributed by atoms with Gasteiger partial charge in [0.2, 0.25) is 5.91 Å². The van der Waals surface area contributed by atoms with Gasteiger partial charge in [-0.1, -0.05) is 42.5 Å². The standard InChI is InChI=1S/C20H22N2O4S/c1-2-25-19(24)13-12-18(23)22-20(27)21-16-10-6-7-11-17(16)26-14-15-8-4-3-5-9-15/h3-11H,2,12-14H2,1H3,(H2,21,22,23,27). The van der Waals surface area contributed by atoms with Gasteiger partial charge in [-0.3, -0.25) is 9.59 Å². The average Bonchev–Trinajstić information content (AvgIpc) is 2.67. The number of hydrogen-bond acceptors (Lipinski definition) is 5. The van der Waals surface area contributed by atoms with Crippen molar-refractivity contribution in [1.82, 2.24) is 5.32 Å². The molecule has 0 aliphatic rings. The minimum absolute atomic E-state index is 0.00675. The van der Waals surface area contributed by atoms with Crippen LogP contribution in [0.2, 0.25) is 0 Å². The van der Waals surface area contributed by atoms with Crippen molar-refractivity contribution in [2.75, 3.05) is 11.9 Å². The molecule has 0 bridgehead atoms. The Kier molecular flexibility index (Phi) is 8.25. The normalized spacial score (nSPS) is 9.96. The van der Waals surface area contributed by atoms with Crippen LogP contribution in [-0.4, -0.2) is 23.6 Å². The summed E-state index contributed by atoms with van der Waals surface area (Å²) in [6.45, 7) is 2.42. The van der Waals surface area contributed by atoms with E-state index in [1.807, 2.05) is 48.5 Å². The fourth-order valence-electron chi connectivity index (χ4n) is 2.22. The number of benzene rings is 2. The highest BCUT2D eigenvalue weighted by Crippen LogP contribution is 2.24. The van der Waals surface area contributed by atoms with E-state index in [1.54, 1.807) is 13.0 Å². The van der Waals surface area contributed by atoms with Crippen molar-refractivity contribution in [1.29, 1.82) is 0 Å². The van der Waals surface area contributed by atoms with E-state index in [0.29, 0.717) is 24.7 Å². The largest absolute Gasteiger partial charge is 0.487 e. The third-order valence-corrected chi connectivity index (χ3v) is 3.69. The molecule has 0 aliphatic carbocycles. The number of carbonyl (C=O) groups excluding carboxylic acids is 2. The zero-order chi connectivity index (χ0) is 19.5. The van der Waals surface area contributed by atoms with Gasteiger partial charge < -0.3 is 20.1 Å². The lowest BCUT2D eigenvalue weighted by Crippen LogP contribution is -2.34. The van der Waals surface area contributed by atoms with Crippen LogP contribution in [0.1, 0.15) is 25.3 Å². The molecule has 0 saturated heterocycles. The first-order valence-electron chi connectivity index (χ1n) is 8.60. The van der Waals surface area contributed by atoms with Gasteiger partial charge in [0.15, 0.2) is 5.11 Å². The molecule has 2 aromatic rings. The van der Waals surface area contributed by atoms with E-state index < -0.39 is 5.97 Å². The minimum atomic E-state index is -0.411. The van der Waals surface area contributed by atoms with E-state index in [1.165, 1.54) is 0 Å². The molecular weight excluding hydrogens is 364 g/mol. The van der Waals surface area contributed by atoms with Crippen LogP contribution in [-0.2, 0) is 20.9 Å². The van der Waals surface area contributed by atoms with Crippen molar-refractivity contribution in [3.63, 3.8) is 0 Å². The van der Waals surface area contributed by atoms with Crippen LogP contribution in [0.4, 0.5) is 5.69 Å². The van der Waals surface area contributed by atoms with Crippen molar-refractivity contribution >= 4 is 34.9 Å². The summed E-state index contributed by atoms with van der Waals surface area (Å²) >= 11 is 5.17. The molecule has 0 heterocycles. The third-order valence-electron chi connectivity index (χ3n) is 3.49. The molecule has 0 saturated carbocycles. The number of ether oxygens (including phenoxy) is 2. The van der Waals surface area contributed by atoms with Crippen molar-refractivity contribution < 1.29 is 19.1 Å². The number of rotatable bonds is 8. The maximum Gasteiger partial charge on any atom is 0.306 e. The van der Waals surface area contributed by atoms with Crippen molar-refractivity contribution in [3.8, 4) is 5.75 Å². The lowest BCUT2D eigenvalue weighted by molar-refractivity contribution is -0.144. The first-order chi connectivity index (χ1) is 13.1. The summed E-state index contributed by atoms with van der Waals surface area (Å²) in [6, 6.07) is 17.1. The van der Waals surface area contributed by atoms with Crippen LogP contribution >= 0.6 is 12.2 Å². The van der Waals surface area contributed by atoms with Crippen LogP contribution in [0.15, 0.2) is 54.6 Å². The maximum absolute atomic E-state index is 11.9. The molecule has 0 spiro atoms. The zero-order valence-corrected chi connectivity index (χ0v) is 15.9. The molecule has 2 aromatic carbocycles. The Morgan fingerprint density at radius 3 is 2.44 bits per heavy atom. The molecule has 6 nitrogen and oxygen atoms in total. The van der Waals surface area contributed by atoms with E-state index in [2.05, 4.69) is 10.6 Å². The molecule has 27 heavy (non-hydrogen) atoms. The number of thiocarbonyl (C=S) groups is 1. The van der Waals surface area contributed by atoms with E-state index >= 15 is 0 Å². The molecule has 142 valence electrons. The second-order valence-corrected chi connectivity index (χ2v) is 5.99. The van der Waals surface area contributed by atoms with E-state index in [4.69, 9.17) is 21.7 Å². The molecule has 7 heteroatoms. The summed E-state index contributed by atoms with van der Waals surface area (Å²) in [5.74, 6) is -0.154. The van der Waals surface area contributed by atoms with Gasteiger partial charge in [-0.15, -0.1) is 0 Å². The highest BCUT2D eigenvalue weighted by Gasteiger charge is 2.11. The molecule has 0 unspecified atom stereocenters. The summed E-state index contributed by atoms with van der Waals surface area (Å²) in [5.41, 5.74) is 1.69. The van der Waals surface area contributed by atoms with E-state index in [0.717, 1.165) is 5.56 Å². The molecule has 0 aromatic heterocycles. The van der Waals surface area contributed by atoms with Gasteiger partial charge >= 0.3 is 5.97 Å². The number of hydrogen-bond donors (Lipinski definition) is 2. The van der Waals surface area contributed by atoms with Crippen molar-refractivity contribution in [2.24, 2.45) is 0 Å². The Hall–Kier alpha value is -2.93. The fraction of sp³-hybridized carbons (Fsp3) is 0.250. The average molecular weight is 386 g/mol. The number of nitrogens with one attached hydrogen (secondary N) is 2. The Bertz CT molecular complexity index is 781. The van der Waals surface area contributed by atoms with Crippen LogP contribution in [0, 0.1) is 0 Å². The number of carbonyl (C=O) groups is 2. The third kappa shape index (κ3) is 7.45. The highest BCUT2D eigenvalue weighted by molar-refractivity contribution is 7.80. The quantitative estimate of drug-likeness (QED) is 0.535. The molecule has 0 atom stereocenters. The smallest absolute Gasteiger partial charge is 0.306 e. The molecule has 2 N–H and O–H groups in total. The van der Waals surface area contributed by atoms with Crippen molar-refractivity contribution in [2.45, 2.75) is 26.4 Å². The van der Waals surface area contributed by atoms with Gasteiger partial charge in [0, 0.05) is 6.42 Å². The molecule has 0 radical (unpaired) electrons. The number of anilines is 1. The molecule has 0 aliphatic heterocycles. The fourth-order valence-corrected chi connectivity index (χ4v) is 2.45.